The molecule has 0 spiro atoms. The average Bonchev–Trinajstić information content (AvgIpc) is 2.92. The van der Waals surface area contributed by atoms with Crippen LogP contribution in [0, 0.1) is 11.8 Å². The average molecular weight is 283 g/mol. The third kappa shape index (κ3) is 4.43. The minimum Gasteiger partial charge on any atom is -0.379 e. The van der Waals surface area contributed by atoms with E-state index in [2.05, 4.69) is 29.5 Å². The molecule has 2 heterocycles. The maximum atomic E-state index is 12.3. The summed E-state index contributed by atoms with van der Waals surface area (Å²) in [5, 5.41) is 6.55. The Kier molecular flexibility index (Phi) is 6.26. The van der Waals surface area contributed by atoms with Gasteiger partial charge in [-0.2, -0.15) is 0 Å². The Balaban J connectivity index is 1.70. The van der Waals surface area contributed by atoms with Gasteiger partial charge in [-0.05, 0) is 51.9 Å². The SMILES string of the molecule is CCCNC1COCC1C(=O)NCC1CCN(C)CC1. The van der Waals surface area contributed by atoms with Gasteiger partial charge in [-0.1, -0.05) is 6.92 Å². The van der Waals surface area contributed by atoms with Crippen LogP contribution in [0.4, 0.5) is 0 Å². The van der Waals surface area contributed by atoms with E-state index in [0.717, 1.165) is 32.6 Å². The van der Waals surface area contributed by atoms with Crippen molar-refractivity contribution in [2.45, 2.75) is 32.2 Å². The molecule has 0 bridgehead atoms. The van der Waals surface area contributed by atoms with Gasteiger partial charge in [0.2, 0.25) is 5.91 Å². The summed E-state index contributed by atoms with van der Waals surface area (Å²) in [5.74, 6) is 0.780. The highest BCUT2D eigenvalue weighted by Gasteiger charge is 2.33. The van der Waals surface area contributed by atoms with E-state index in [0.29, 0.717) is 19.1 Å². The van der Waals surface area contributed by atoms with Gasteiger partial charge in [0, 0.05) is 12.6 Å². The lowest BCUT2D eigenvalue weighted by Crippen LogP contribution is -2.46. The molecule has 0 aromatic carbocycles. The molecule has 20 heavy (non-hydrogen) atoms. The van der Waals surface area contributed by atoms with Crippen molar-refractivity contribution in [2.24, 2.45) is 11.8 Å². The van der Waals surface area contributed by atoms with Crippen LogP contribution in [0.1, 0.15) is 26.2 Å². The third-order valence-corrected chi connectivity index (χ3v) is 4.48. The topological polar surface area (TPSA) is 53.6 Å². The molecule has 0 saturated carbocycles. The largest absolute Gasteiger partial charge is 0.379 e. The number of nitrogens with zero attached hydrogens (tertiary/aromatic N) is 1. The molecule has 0 radical (unpaired) electrons. The van der Waals surface area contributed by atoms with Crippen molar-refractivity contribution in [3.05, 3.63) is 0 Å². The summed E-state index contributed by atoms with van der Waals surface area (Å²) in [6, 6.07) is 0.187. The van der Waals surface area contributed by atoms with Gasteiger partial charge >= 0.3 is 0 Å². The van der Waals surface area contributed by atoms with E-state index in [1.54, 1.807) is 0 Å². The van der Waals surface area contributed by atoms with Crippen molar-refractivity contribution < 1.29 is 9.53 Å². The minimum absolute atomic E-state index is 0.0205. The zero-order valence-electron chi connectivity index (χ0n) is 12.9. The first kappa shape index (κ1) is 15.7. The van der Waals surface area contributed by atoms with Gasteiger partial charge < -0.3 is 20.3 Å². The summed E-state index contributed by atoms with van der Waals surface area (Å²) in [6.07, 6.45) is 3.46. The van der Waals surface area contributed by atoms with Crippen molar-refractivity contribution in [3.63, 3.8) is 0 Å². The first-order valence-corrected chi connectivity index (χ1v) is 7.98. The number of hydrogen-bond acceptors (Lipinski definition) is 4. The number of carbonyl (C=O) groups excluding carboxylic acids is 1. The molecular formula is C15H29N3O2. The third-order valence-electron chi connectivity index (χ3n) is 4.48. The fourth-order valence-electron chi connectivity index (χ4n) is 2.99. The molecule has 2 saturated heterocycles. The lowest BCUT2D eigenvalue weighted by Gasteiger charge is -2.29. The molecule has 1 amide bonds. The molecule has 5 heteroatoms. The molecule has 2 unspecified atom stereocenters. The Morgan fingerprint density at radius 1 is 1.30 bits per heavy atom. The first-order chi connectivity index (χ1) is 9.70. The van der Waals surface area contributed by atoms with E-state index < -0.39 is 0 Å². The standard InChI is InChI=1S/C15H29N3O2/c1-3-6-16-14-11-20-10-13(14)15(19)17-9-12-4-7-18(2)8-5-12/h12-14,16H,3-11H2,1-2H3,(H,17,19). The van der Waals surface area contributed by atoms with Crippen LogP contribution in [0.15, 0.2) is 0 Å². The minimum atomic E-state index is -0.0205. The van der Waals surface area contributed by atoms with Gasteiger partial charge in [-0.15, -0.1) is 0 Å². The highest BCUT2D eigenvalue weighted by atomic mass is 16.5. The van der Waals surface area contributed by atoms with E-state index in [1.807, 2.05) is 0 Å². The van der Waals surface area contributed by atoms with Gasteiger partial charge in [-0.3, -0.25) is 4.79 Å². The first-order valence-electron chi connectivity index (χ1n) is 7.98. The van der Waals surface area contributed by atoms with Crippen molar-refractivity contribution in [3.8, 4) is 0 Å². The smallest absolute Gasteiger partial charge is 0.227 e. The number of rotatable bonds is 6. The Morgan fingerprint density at radius 2 is 2.05 bits per heavy atom. The lowest BCUT2D eigenvalue weighted by molar-refractivity contribution is -0.125. The van der Waals surface area contributed by atoms with Gasteiger partial charge in [0.25, 0.3) is 0 Å². The number of likely N-dealkylation sites (tertiary alicyclic amines) is 1. The zero-order valence-corrected chi connectivity index (χ0v) is 12.9. The molecule has 116 valence electrons. The summed E-state index contributed by atoms with van der Waals surface area (Å²) in [6.45, 7) is 7.42. The van der Waals surface area contributed by atoms with Crippen LogP contribution in [0.3, 0.4) is 0 Å². The van der Waals surface area contributed by atoms with Crippen LogP contribution < -0.4 is 10.6 Å². The number of piperidine rings is 1. The van der Waals surface area contributed by atoms with Crippen LogP contribution in [0.25, 0.3) is 0 Å². The summed E-state index contributed by atoms with van der Waals surface area (Å²) in [7, 11) is 2.16. The van der Waals surface area contributed by atoms with Crippen LogP contribution in [-0.4, -0.2) is 63.3 Å². The van der Waals surface area contributed by atoms with Crippen molar-refractivity contribution >= 4 is 5.91 Å². The van der Waals surface area contributed by atoms with Crippen LogP contribution in [0.2, 0.25) is 0 Å². The number of carbonyl (C=O) groups is 1. The zero-order chi connectivity index (χ0) is 14.4. The second kappa shape index (κ2) is 7.96. The van der Waals surface area contributed by atoms with Crippen LogP contribution in [-0.2, 0) is 9.53 Å². The van der Waals surface area contributed by atoms with E-state index in [1.165, 1.54) is 12.8 Å². The number of hydrogen-bond donors (Lipinski definition) is 2. The molecule has 0 aliphatic carbocycles. The quantitative estimate of drug-likeness (QED) is 0.743. The highest BCUT2D eigenvalue weighted by Crippen LogP contribution is 2.17. The molecule has 2 N–H and O–H groups in total. The van der Waals surface area contributed by atoms with E-state index in [9.17, 15) is 4.79 Å². The fourth-order valence-corrected chi connectivity index (χ4v) is 2.99. The van der Waals surface area contributed by atoms with Gasteiger partial charge in [0.1, 0.15) is 0 Å². The Labute approximate surface area is 122 Å². The van der Waals surface area contributed by atoms with Gasteiger partial charge in [-0.25, -0.2) is 0 Å². The van der Waals surface area contributed by atoms with E-state index in [4.69, 9.17) is 4.74 Å². The maximum Gasteiger partial charge on any atom is 0.227 e. The predicted octanol–water partition coefficient (Wildman–Crippen LogP) is 0.459. The summed E-state index contributed by atoms with van der Waals surface area (Å²) >= 11 is 0. The molecule has 2 aliphatic heterocycles. The molecule has 0 aromatic rings. The predicted molar refractivity (Wildman–Crippen MR) is 79.6 cm³/mol. The Bertz CT molecular complexity index is 303. The van der Waals surface area contributed by atoms with Crippen LogP contribution in [0.5, 0.6) is 0 Å². The monoisotopic (exact) mass is 283 g/mol. The summed E-state index contributed by atoms with van der Waals surface area (Å²) < 4.78 is 5.46. The summed E-state index contributed by atoms with van der Waals surface area (Å²) in [5.41, 5.74) is 0. The molecular weight excluding hydrogens is 254 g/mol. The number of amides is 1. The van der Waals surface area contributed by atoms with Crippen molar-refractivity contribution in [1.82, 2.24) is 15.5 Å². The van der Waals surface area contributed by atoms with Gasteiger partial charge in [0.05, 0.1) is 19.1 Å². The Morgan fingerprint density at radius 3 is 2.75 bits per heavy atom. The summed E-state index contributed by atoms with van der Waals surface area (Å²) in [4.78, 5) is 14.6. The number of nitrogens with one attached hydrogen (secondary N) is 2. The van der Waals surface area contributed by atoms with Crippen LogP contribution >= 0.6 is 0 Å². The normalized spacial score (nSPS) is 28.7. The number of ether oxygens (including phenoxy) is 1. The molecule has 5 nitrogen and oxygen atoms in total. The second-order valence-corrected chi connectivity index (χ2v) is 6.20. The molecule has 2 rings (SSSR count). The highest BCUT2D eigenvalue weighted by molar-refractivity contribution is 5.79. The van der Waals surface area contributed by atoms with E-state index in [-0.39, 0.29) is 17.9 Å². The van der Waals surface area contributed by atoms with Gasteiger partial charge in [0.15, 0.2) is 0 Å². The maximum absolute atomic E-state index is 12.3. The molecule has 2 fully saturated rings. The second-order valence-electron chi connectivity index (χ2n) is 6.20. The van der Waals surface area contributed by atoms with Crippen molar-refractivity contribution in [2.75, 3.05) is 46.4 Å². The Hall–Kier alpha value is -0.650. The molecule has 2 atom stereocenters. The molecule has 2 aliphatic rings. The molecule has 0 aromatic heterocycles. The lowest BCUT2D eigenvalue weighted by atomic mass is 9.96. The van der Waals surface area contributed by atoms with Crippen molar-refractivity contribution in [1.29, 1.82) is 0 Å². The van der Waals surface area contributed by atoms with E-state index >= 15 is 0 Å². The fraction of sp³-hybridized carbons (Fsp3) is 0.933.